The average Bonchev–Trinajstić information content (AvgIpc) is 2.49. The lowest BCUT2D eigenvalue weighted by Gasteiger charge is -2.09. The number of aryl methyl sites for hydroxylation is 1. The number of rotatable bonds is 3. The predicted molar refractivity (Wildman–Crippen MR) is 86.3 cm³/mol. The van der Waals surface area contributed by atoms with Crippen LogP contribution >= 0.6 is 0 Å². The summed E-state index contributed by atoms with van der Waals surface area (Å²) in [6, 6.07) is 11.9. The van der Waals surface area contributed by atoms with Crippen LogP contribution in [0.25, 0.3) is 0 Å². The minimum atomic E-state index is -4.37. The average molecular weight is 323 g/mol. The second kappa shape index (κ2) is 8.36. The van der Waals surface area contributed by atoms with Gasteiger partial charge in [-0.1, -0.05) is 43.7 Å². The molecule has 0 aliphatic carbocycles. The van der Waals surface area contributed by atoms with Gasteiger partial charge < -0.3 is 5.32 Å². The Bertz CT molecular complexity index is 633. The lowest BCUT2D eigenvalue weighted by Crippen LogP contribution is -2.14. The van der Waals surface area contributed by atoms with Crippen molar-refractivity contribution >= 4 is 11.6 Å². The van der Waals surface area contributed by atoms with E-state index in [0.29, 0.717) is 5.69 Å². The largest absolute Gasteiger partial charge is 0.416 e. The van der Waals surface area contributed by atoms with E-state index in [1.54, 1.807) is 0 Å². The Morgan fingerprint density at radius 2 is 1.65 bits per heavy atom. The molecule has 0 saturated heterocycles. The van der Waals surface area contributed by atoms with Crippen molar-refractivity contribution in [3.8, 4) is 0 Å². The number of anilines is 1. The number of benzene rings is 2. The number of nitrogens with one attached hydrogen (secondary N) is 1. The van der Waals surface area contributed by atoms with E-state index in [-0.39, 0.29) is 12.3 Å². The molecule has 2 nitrogen and oxygen atoms in total. The fourth-order valence-electron chi connectivity index (χ4n) is 1.96. The minimum Gasteiger partial charge on any atom is -0.326 e. The lowest BCUT2D eigenvalue weighted by molar-refractivity contribution is -0.137. The minimum absolute atomic E-state index is 0.183. The number of carbonyl (C=O) groups is 1. The first kappa shape index (κ1) is 18.7. The van der Waals surface area contributed by atoms with E-state index in [1.807, 2.05) is 45.0 Å². The summed E-state index contributed by atoms with van der Waals surface area (Å²) >= 11 is 0. The zero-order chi connectivity index (χ0) is 17.5. The Labute approximate surface area is 134 Å². The molecule has 2 aromatic carbocycles. The molecule has 1 amide bonds. The summed E-state index contributed by atoms with van der Waals surface area (Å²) in [5.41, 5.74) is 1.52. The van der Waals surface area contributed by atoms with Crippen molar-refractivity contribution in [2.24, 2.45) is 0 Å². The molecule has 0 aliphatic heterocycles. The lowest BCUT2D eigenvalue weighted by atomic mass is 10.1. The van der Waals surface area contributed by atoms with E-state index in [9.17, 15) is 18.0 Å². The van der Waals surface area contributed by atoms with Gasteiger partial charge in [0.15, 0.2) is 0 Å². The molecule has 0 spiro atoms. The van der Waals surface area contributed by atoms with Gasteiger partial charge in [0.1, 0.15) is 0 Å². The van der Waals surface area contributed by atoms with Gasteiger partial charge in [-0.2, -0.15) is 13.2 Å². The first-order valence-corrected chi connectivity index (χ1v) is 7.37. The molecule has 5 heteroatoms. The number of halogens is 3. The van der Waals surface area contributed by atoms with Crippen molar-refractivity contribution in [1.29, 1.82) is 0 Å². The number of hydrogen-bond donors (Lipinski definition) is 1. The second-order valence-corrected chi connectivity index (χ2v) is 4.79. The summed E-state index contributed by atoms with van der Waals surface area (Å²) in [5, 5.41) is 2.58. The summed E-state index contributed by atoms with van der Waals surface area (Å²) in [7, 11) is 0. The highest BCUT2D eigenvalue weighted by Gasteiger charge is 2.29. The topological polar surface area (TPSA) is 29.1 Å². The van der Waals surface area contributed by atoms with Crippen LogP contribution in [0.5, 0.6) is 0 Å². The standard InChI is InChI=1S/C16H14F3NO.C2H6/c1-11-3-2-4-12(9-11)10-15(21)20-14-7-5-13(6-8-14)16(17,18)19;1-2/h2-9H,10H2,1H3,(H,20,21);1-2H3. The molecule has 0 heterocycles. The molecule has 0 fully saturated rings. The van der Waals surface area contributed by atoms with E-state index in [4.69, 9.17) is 0 Å². The van der Waals surface area contributed by atoms with Gasteiger partial charge in [-0.3, -0.25) is 4.79 Å². The summed E-state index contributed by atoms with van der Waals surface area (Å²) in [6.45, 7) is 5.93. The number of hydrogen-bond acceptors (Lipinski definition) is 1. The highest BCUT2D eigenvalue weighted by molar-refractivity contribution is 5.92. The van der Waals surface area contributed by atoms with Crippen LogP contribution in [0, 0.1) is 6.92 Å². The van der Waals surface area contributed by atoms with Crippen LogP contribution < -0.4 is 5.32 Å². The van der Waals surface area contributed by atoms with Gasteiger partial charge in [-0.25, -0.2) is 0 Å². The van der Waals surface area contributed by atoms with Gasteiger partial charge in [-0.05, 0) is 36.8 Å². The van der Waals surface area contributed by atoms with Crippen LogP contribution in [0.4, 0.5) is 18.9 Å². The maximum absolute atomic E-state index is 12.4. The highest BCUT2D eigenvalue weighted by atomic mass is 19.4. The smallest absolute Gasteiger partial charge is 0.326 e. The SMILES string of the molecule is CC.Cc1cccc(CC(=O)Nc2ccc(C(F)(F)F)cc2)c1. The molecular formula is C18H20F3NO. The van der Waals surface area contributed by atoms with E-state index >= 15 is 0 Å². The van der Waals surface area contributed by atoms with Gasteiger partial charge >= 0.3 is 6.18 Å². The molecule has 2 rings (SSSR count). The Morgan fingerprint density at radius 3 is 2.17 bits per heavy atom. The third kappa shape index (κ3) is 6.14. The molecule has 1 N–H and O–H groups in total. The molecule has 2 aromatic rings. The number of carbonyl (C=O) groups excluding carboxylic acids is 1. The molecule has 0 aromatic heterocycles. The van der Waals surface area contributed by atoms with E-state index < -0.39 is 11.7 Å². The molecule has 0 atom stereocenters. The van der Waals surface area contributed by atoms with Crippen molar-refractivity contribution in [1.82, 2.24) is 0 Å². The summed E-state index contributed by atoms with van der Waals surface area (Å²) in [5.74, 6) is -0.264. The Morgan fingerprint density at radius 1 is 1.04 bits per heavy atom. The summed E-state index contributed by atoms with van der Waals surface area (Å²) < 4.78 is 37.3. The molecule has 124 valence electrons. The third-order valence-electron chi connectivity index (χ3n) is 2.94. The van der Waals surface area contributed by atoms with Crippen LogP contribution in [0.15, 0.2) is 48.5 Å². The Hall–Kier alpha value is -2.30. The maximum atomic E-state index is 12.4. The van der Waals surface area contributed by atoms with Crippen LogP contribution in [0.1, 0.15) is 30.5 Å². The van der Waals surface area contributed by atoms with E-state index in [2.05, 4.69) is 5.32 Å². The molecular weight excluding hydrogens is 303 g/mol. The van der Waals surface area contributed by atoms with E-state index in [0.717, 1.165) is 23.3 Å². The quantitative estimate of drug-likeness (QED) is 0.824. The fourth-order valence-corrected chi connectivity index (χ4v) is 1.96. The van der Waals surface area contributed by atoms with Crippen LogP contribution in [0.3, 0.4) is 0 Å². The molecule has 0 unspecified atom stereocenters. The van der Waals surface area contributed by atoms with Crippen LogP contribution in [0.2, 0.25) is 0 Å². The molecule has 0 bridgehead atoms. The monoisotopic (exact) mass is 323 g/mol. The predicted octanol–water partition coefficient (Wildman–Crippen LogP) is 5.22. The normalized spacial score (nSPS) is 10.5. The third-order valence-corrected chi connectivity index (χ3v) is 2.94. The van der Waals surface area contributed by atoms with Crippen molar-refractivity contribution in [3.05, 3.63) is 65.2 Å². The van der Waals surface area contributed by atoms with Crippen LogP contribution in [-0.4, -0.2) is 5.91 Å². The van der Waals surface area contributed by atoms with Crippen molar-refractivity contribution < 1.29 is 18.0 Å². The molecule has 0 aliphatic rings. The van der Waals surface area contributed by atoms with E-state index in [1.165, 1.54) is 12.1 Å². The van der Waals surface area contributed by atoms with Gasteiger partial charge in [0, 0.05) is 5.69 Å². The maximum Gasteiger partial charge on any atom is 0.416 e. The Kier molecular flexibility index (Phi) is 6.82. The van der Waals surface area contributed by atoms with Crippen molar-refractivity contribution in [2.45, 2.75) is 33.4 Å². The fraction of sp³-hybridized carbons (Fsp3) is 0.278. The summed E-state index contributed by atoms with van der Waals surface area (Å²) in [6.07, 6.45) is -4.19. The van der Waals surface area contributed by atoms with Crippen LogP contribution in [-0.2, 0) is 17.4 Å². The Balaban J connectivity index is 0.00000127. The molecule has 0 saturated carbocycles. The molecule has 23 heavy (non-hydrogen) atoms. The van der Waals surface area contributed by atoms with Crippen molar-refractivity contribution in [3.63, 3.8) is 0 Å². The zero-order valence-electron chi connectivity index (χ0n) is 13.4. The first-order chi connectivity index (χ1) is 10.8. The zero-order valence-corrected chi connectivity index (χ0v) is 13.4. The first-order valence-electron chi connectivity index (χ1n) is 7.37. The van der Waals surface area contributed by atoms with Gasteiger partial charge in [0.25, 0.3) is 0 Å². The van der Waals surface area contributed by atoms with Gasteiger partial charge in [0.05, 0.1) is 12.0 Å². The second-order valence-electron chi connectivity index (χ2n) is 4.79. The van der Waals surface area contributed by atoms with Gasteiger partial charge in [0.2, 0.25) is 5.91 Å². The number of alkyl halides is 3. The summed E-state index contributed by atoms with van der Waals surface area (Å²) in [4.78, 5) is 11.8. The van der Waals surface area contributed by atoms with Crippen molar-refractivity contribution in [2.75, 3.05) is 5.32 Å². The van der Waals surface area contributed by atoms with Gasteiger partial charge in [-0.15, -0.1) is 0 Å². The number of amides is 1. The highest BCUT2D eigenvalue weighted by Crippen LogP contribution is 2.29. The molecule has 0 radical (unpaired) electrons.